The fraction of sp³-hybridized carbons (Fsp3) is 0.750. The molecule has 2 rings (SSSR count). The Morgan fingerprint density at radius 2 is 2.00 bits per heavy atom. The maximum absolute atomic E-state index is 12.0. The van der Waals surface area contributed by atoms with Crippen molar-refractivity contribution in [3.8, 4) is 0 Å². The lowest BCUT2D eigenvalue weighted by molar-refractivity contribution is -0.131. The number of hydrogen-bond donors (Lipinski definition) is 0. The van der Waals surface area contributed by atoms with Gasteiger partial charge in [0.1, 0.15) is 0 Å². The van der Waals surface area contributed by atoms with E-state index in [1.807, 2.05) is 4.90 Å². The van der Waals surface area contributed by atoms with E-state index in [0.717, 1.165) is 25.9 Å². The number of rotatable bonds is 3. The molecule has 0 radical (unpaired) electrons. The average molecular weight is 237 g/mol. The standard InChI is InChI=1S/C12H19N3O2/c1-10-13-11(17-14-10)6-7-12(16)15-8-4-2-3-5-9-15/h2-9H2,1H3. The molecular weight excluding hydrogens is 218 g/mol. The number of likely N-dealkylation sites (tertiary alicyclic amines) is 1. The van der Waals surface area contributed by atoms with E-state index in [4.69, 9.17) is 4.52 Å². The summed E-state index contributed by atoms with van der Waals surface area (Å²) in [5.74, 6) is 1.40. The first kappa shape index (κ1) is 12.1. The maximum atomic E-state index is 12.0. The minimum absolute atomic E-state index is 0.211. The lowest BCUT2D eigenvalue weighted by Gasteiger charge is -2.19. The monoisotopic (exact) mass is 237 g/mol. The molecule has 5 heteroatoms. The van der Waals surface area contributed by atoms with E-state index in [0.29, 0.717) is 24.6 Å². The van der Waals surface area contributed by atoms with Gasteiger partial charge in [0.25, 0.3) is 0 Å². The van der Waals surface area contributed by atoms with E-state index in [-0.39, 0.29) is 5.91 Å². The fourth-order valence-corrected chi connectivity index (χ4v) is 2.13. The van der Waals surface area contributed by atoms with E-state index in [1.165, 1.54) is 12.8 Å². The molecule has 0 unspecified atom stereocenters. The number of carbonyl (C=O) groups excluding carboxylic acids is 1. The molecule has 94 valence electrons. The van der Waals surface area contributed by atoms with Crippen molar-refractivity contribution in [1.82, 2.24) is 15.0 Å². The highest BCUT2D eigenvalue weighted by Crippen LogP contribution is 2.11. The van der Waals surface area contributed by atoms with Crippen LogP contribution in [0.5, 0.6) is 0 Å². The summed E-state index contributed by atoms with van der Waals surface area (Å²) in [7, 11) is 0. The van der Waals surface area contributed by atoms with Gasteiger partial charge in [-0.3, -0.25) is 4.79 Å². The highest BCUT2D eigenvalue weighted by Gasteiger charge is 2.16. The van der Waals surface area contributed by atoms with Crippen LogP contribution in [-0.2, 0) is 11.2 Å². The van der Waals surface area contributed by atoms with Crippen LogP contribution in [0.25, 0.3) is 0 Å². The van der Waals surface area contributed by atoms with Gasteiger partial charge in [-0.2, -0.15) is 4.98 Å². The number of aryl methyl sites for hydroxylation is 2. The van der Waals surface area contributed by atoms with Crippen molar-refractivity contribution in [2.45, 2.75) is 45.4 Å². The Kier molecular flexibility index (Phi) is 4.12. The fourth-order valence-electron chi connectivity index (χ4n) is 2.13. The minimum atomic E-state index is 0.211. The van der Waals surface area contributed by atoms with Gasteiger partial charge in [-0.25, -0.2) is 0 Å². The quantitative estimate of drug-likeness (QED) is 0.803. The van der Waals surface area contributed by atoms with E-state index in [1.54, 1.807) is 6.92 Å². The van der Waals surface area contributed by atoms with Crippen LogP contribution in [0, 0.1) is 6.92 Å². The largest absolute Gasteiger partial charge is 0.343 e. The van der Waals surface area contributed by atoms with Gasteiger partial charge in [-0.1, -0.05) is 18.0 Å². The molecule has 1 fully saturated rings. The Bertz CT molecular complexity index is 368. The topological polar surface area (TPSA) is 59.2 Å². The van der Waals surface area contributed by atoms with Gasteiger partial charge in [0.05, 0.1) is 0 Å². The maximum Gasteiger partial charge on any atom is 0.227 e. The molecule has 1 saturated heterocycles. The second kappa shape index (κ2) is 5.80. The number of hydrogen-bond acceptors (Lipinski definition) is 4. The Labute approximate surface area is 101 Å². The second-order valence-electron chi connectivity index (χ2n) is 4.53. The van der Waals surface area contributed by atoms with Crippen molar-refractivity contribution in [3.05, 3.63) is 11.7 Å². The molecule has 1 aromatic heterocycles. The highest BCUT2D eigenvalue weighted by atomic mass is 16.5. The first-order chi connectivity index (χ1) is 8.25. The molecular formula is C12H19N3O2. The van der Waals surface area contributed by atoms with Crippen molar-refractivity contribution in [2.24, 2.45) is 0 Å². The van der Waals surface area contributed by atoms with Crippen LogP contribution in [0.1, 0.15) is 43.8 Å². The van der Waals surface area contributed by atoms with Gasteiger partial charge in [0.15, 0.2) is 5.82 Å². The van der Waals surface area contributed by atoms with Gasteiger partial charge < -0.3 is 9.42 Å². The zero-order valence-corrected chi connectivity index (χ0v) is 10.3. The van der Waals surface area contributed by atoms with Crippen LogP contribution in [0.4, 0.5) is 0 Å². The number of amides is 1. The smallest absolute Gasteiger partial charge is 0.227 e. The van der Waals surface area contributed by atoms with Crippen LogP contribution in [0.15, 0.2) is 4.52 Å². The van der Waals surface area contributed by atoms with Gasteiger partial charge >= 0.3 is 0 Å². The van der Waals surface area contributed by atoms with Gasteiger partial charge in [0.2, 0.25) is 11.8 Å². The van der Waals surface area contributed by atoms with Crippen molar-refractivity contribution < 1.29 is 9.32 Å². The Balaban J connectivity index is 1.79. The molecule has 17 heavy (non-hydrogen) atoms. The van der Waals surface area contributed by atoms with Gasteiger partial charge in [0, 0.05) is 25.9 Å². The van der Waals surface area contributed by atoms with Crippen molar-refractivity contribution in [3.63, 3.8) is 0 Å². The summed E-state index contributed by atoms with van der Waals surface area (Å²) in [4.78, 5) is 18.0. The zero-order chi connectivity index (χ0) is 12.1. The highest BCUT2D eigenvalue weighted by molar-refractivity contribution is 5.76. The molecule has 2 heterocycles. The summed E-state index contributed by atoms with van der Waals surface area (Å²) < 4.78 is 4.99. The lowest BCUT2D eigenvalue weighted by atomic mass is 10.2. The van der Waals surface area contributed by atoms with Crippen LogP contribution in [0.3, 0.4) is 0 Å². The molecule has 0 spiro atoms. The van der Waals surface area contributed by atoms with Gasteiger partial charge in [-0.05, 0) is 19.8 Å². The molecule has 1 aliphatic heterocycles. The van der Waals surface area contributed by atoms with Gasteiger partial charge in [-0.15, -0.1) is 0 Å². The number of carbonyl (C=O) groups is 1. The predicted molar refractivity (Wildman–Crippen MR) is 62.4 cm³/mol. The average Bonchev–Trinajstić information content (AvgIpc) is 2.58. The summed E-state index contributed by atoms with van der Waals surface area (Å²) in [6, 6.07) is 0. The van der Waals surface area contributed by atoms with Crippen molar-refractivity contribution in [2.75, 3.05) is 13.1 Å². The molecule has 0 atom stereocenters. The number of nitrogens with zero attached hydrogens (tertiary/aromatic N) is 3. The van der Waals surface area contributed by atoms with Crippen LogP contribution in [-0.4, -0.2) is 34.0 Å². The molecule has 0 aliphatic carbocycles. The second-order valence-corrected chi connectivity index (χ2v) is 4.53. The van der Waals surface area contributed by atoms with Crippen LogP contribution >= 0.6 is 0 Å². The molecule has 1 amide bonds. The lowest BCUT2D eigenvalue weighted by Crippen LogP contribution is -2.31. The van der Waals surface area contributed by atoms with Crippen molar-refractivity contribution in [1.29, 1.82) is 0 Å². The zero-order valence-electron chi connectivity index (χ0n) is 10.3. The molecule has 0 N–H and O–H groups in total. The predicted octanol–water partition coefficient (Wildman–Crippen LogP) is 1.71. The summed E-state index contributed by atoms with van der Waals surface area (Å²) in [5, 5.41) is 3.71. The Hall–Kier alpha value is -1.39. The molecule has 0 aromatic carbocycles. The third kappa shape index (κ3) is 3.54. The van der Waals surface area contributed by atoms with E-state index in [2.05, 4.69) is 10.1 Å². The first-order valence-corrected chi connectivity index (χ1v) is 6.32. The normalized spacial score (nSPS) is 16.9. The molecule has 1 aliphatic rings. The minimum Gasteiger partial charge on any atom is -0.343 e. The molecule has 0 saturated carbocycles. The molecule has 1 aromatic rings. The summed E-state index contributed by atoms with van der Waals surface area (Å²) in [6.45, 7) is 3.59. The third-order valence-electron chi connectivity index (χ3n) is 3.08. The third-order valence-corrected chi connectivity index (χ3v) is 3.08. The van der Waals surface area contributed by atoms with Crippen molar-refractivity contribution >= 4 is 5.91 Å². The Morgan fingerprint density at radius 1 is 1.29 bits per heavy atom. The van der Waals surface area contributed by atoms with E-state index < -0.39 is 0 Å². The van der Waals surface area contributed by atoms with E-state index in [9.17, 15) is 4.79 Å². The van der Waals surface area contributed by atoms with E-state index >= 15 is 0 Å². The SMILES string of the molecule is Cc1noc(CCC(=O)N2CCCCCC2)n1. The number of aromatic nitrogens is 2. The van der Waals surface area contributed by atoms with Crippen LogP contribution in [0.2, 0.25) is 0 Å². The first-order valence-electron chi connectivity index (χ1n) is 6.32. The Morgan fingerprint density at radius 3 is 2.59 bits per heavy atom. The molecule has 5 nitrogen and oxygen atoms in total. The van der Waals surface area contributed by atoms with Crippen LogP contribution < -0.4 is 0 Å². The molecule has 0 bridgehead atoms. The summed E-state index contributed by atoms with van der Waals surface area (Å²) in [5.41, 5.74) is 0. The summed E-state index contributed by atoms with van der Waals surface area (Å²) >= 11 is 0. The summed E-state index contributed by atoms with van der Waals surface area (Å²) in [6.07, 6.45) is 5.77.